The smallest absolute Gasteiger partial charge is 0.203 e. The molecule has 0 aliphatic heterocycles. The summed E-state index contributed by atoms with van der Waals surface area (Å²) < 4.78 is 6.65. The van der Waals surface area contributed by atoms with Crippen molar-refractivity contribution in [2.75, 3.05) is 0 Å². The molecule has 0 spiro atoms. The second kappa shape index (κ2) is 3.90. The van der Waals surface area contributed by atoms with E-state index >= 15 is 0 Å². The molecule has 0 saturated carbocycles. The molecule has 0 aromatic carbocycles. The lowest BCUT2D eigenvalue weighted by molar-refractivity contribution is 0.0989. The first-order valence-corrected chi connectivity index (χ1v) is 4.78. The summed E-state index contributed by atoms with van der Waals surface area (Å²) in [5.41, 5.74) is 0.402. The highest BCUT2D eigenvalue weighted by Crippen LogP contribution is 2.18. The highest BCUT2D eigenvalue weighted by atomic mass is 35.5. The predicted molar refractivity (Wildman–Crippen MR) is 55.0 cm³/mol. The van der Waals surface area contributed by atoms with Crippen LogP contribution < -0.4 is 0 Å². The summed E-state index contributed by atoms with van der Waals surface area (Å²) in [6, 6.07) is 1.56. The number of furan rings is 1. The van der Waals surface area contributed by atoms with Gasteiger partial charge in [-0.25, -0.2) is 4.98 Å². The number of aromatic nitrogens is 2. The number of rotatable bonds is 3. The standard InChI is InChI=1S/C10H9ClN2O2/c1-13-4-3-12-9(13)6-8(14)7-2-5-15-10(7)11/h2-5H,6H2,1H3. The SMILES string of the molecule is Cn1ccnc1CC(=O)c1ccoc1Cl. The Bertz CT molecular complexity index is 487. The molecular formula is C10H9ClN2O2. The van der Waals surface area contributed by atoms with Crippen LogP contribution in [0.1, 0.15) is 16.2 Å². The van der Waals surface area contributed by atoms with Crippen molar-refractivity contribution in [2.45, 2.75) is 6.42 Å². The molecular weight excluding hydrogens is 216 g/mol. The molecule has 0 N–H and O–H groups in total. The molecule has 0 unspecified atom stereocenters. The Morgan fingerprint density at radius 2 is 2.47 bits per heavy atom. The van der Waals surface area contributed by atoms with Gasteiger partial charge < -0.3 is 8.98 Å². The molecule has 4 nitrogen and oxygen atoms in total. The lowest BCUT2D eigenvalue weighted by atomic mass is 10.1. The first kappa shape index (κ1) is 9.98. The van der Waals surface area contributed by atoms with E-state index in [1.165, 1.54) is 6.26 Å². The number of halogens is 1. The fraction of sp³-hybridized carbons (Fsp3) is 0.200. The van der Waals surface area contributed by atoms with Gasteiger partial charge in [0.25, 0.3) is 0 Å². The third kappa shape index (κ3) is 1.94. The zero-order valence-electron chi connectivity index (χ0n) is 8.11. The van der Waals surface area contributed by atoms with Gasteiger partial charge in [-0.3, -0.25) is 4.79 Å². The Labute approximate surface area is 91.5 Å². The Kier molecular flexibility index (Phi) is 2.60. The van der Waals surface area contributed by atoms with Gasteiger partial charge in [0.2, 0.25) is 5.22 Å². The van der Waals surface area contributed by atoms with Gasteiger partial charge in [-0.1, -0.05) is 0 Å². The van der Waals surface area contributed by atoms with E-state index in [9.17, 15) is 4.79 Å². The maximum atomic E-state index is 11.7. The molecule has 0 amide bonds. The number of carbonyl (C=O) groups excluding carboxylic acids is 1. The van der Waals surface area contributed by atoms with Gasteiger partial charge in [-0.05, 0) is 17.7 Å². The molecule has 2 heterocycles. The number of carbonyl (C=O) groups is 1. The van der Waals surface area contributed by atoms with Crippen molar-refractivity contribution >= 4 is 17.4 Å². The van der Waals surface area contributed by atoms with E-state index in [2.05, 4.69) is 4.98 Å². The average Bonchev–Trinajstić information content (AvgIpc) is 2.76. The molecule has 78 valence electrons. The summed E-state index contributed by atoms with van der Waals surface area (Å²) in [4.78, 5) is 15.8. The predicted octanol–water partition coefficient (Wildman–Crippen LogP) is 2.09. The molecule has 0 aliphatic rings. The van der Waals surface area contributed by atoms with Crippen molar-refractivity contribution in [3.8, 4) is 0 Å². The molecule has 0 radical (unpaired) electrons. The van der Waals surface area contributed by atoms with E-state index in [1.807, 2.05) is 7.05 Å². The quantitative estimate of drug-likeness (QED) is 0.750. The molecule has 2 rings (SSSR count). The Morgan fingerprint density at radius 3 is 3.00 bits per heavy atom. The molecule has 0 atom stereocenters. The molecule has 0 aliphatic carbocycles. The topological polar surface area (TPSA) is 48.0 Å². The number of aryl methyl sites for hydroxylation is 1. The first-order valence-electron chi connectivity index (χ1n) is 4.41. The fourth-order valence-corrected chi connectivity index (χ4v) is 1.52. The molecule has 5 heteroatoms. The van der Waals surface area contributed by atoms with Crippen molar-refractivity contribution < 1.29 is 9.21 Å². The average molecular weight is 225 g/mol. The van der Waals surface area contributed by atoms with Gasteiger partial charge in [0.05, 0.1) is 18.2 Å². The molecule has 2 aromatic rings. The van der Waals surface area contributed by atoms with Crippen LogP contribution in [-0.2, 0) is 13.5 Å². The van der Waals surface area contributed by atoms with Crippen LogP contribution in [0.2, 0.25) is 5.22 Å². The van der Waals surface area contributed by atoms with Crippen molar-refractivity contribution in [3.63, 3.8) is 0 Å². The second-order valence-corrected chi connectivity index (χ2v) is 3.51. The largest absolute Gasteiger partial charge is 0.452 e. The maximum Gasteiger partial charge on any atom is 0.203 e. The monoisotopic (exact) mass is 224 g/mol. The number of hydrogen-bond acceptors (Lipinski definition) is 3. The van der Waals surface area contributed by atoms with Crippen LogP contribution >= 0.6 is 11.6 Å². The van der Waals surface area contributed by atoms with Gasteiger partial charge in [0.1, 0.15) is 5.82 Å². The molecule has 15 heavy (non-hydrogen) atoms. The van der Waals surface area contributed by atoms with Crippen LogP contribution in [0.5, 0.6) is 0 Å². The summed E-state index contributed by atoms with van der Waals surface area (Å²) in [5.74, 6) is 0.611. The first-order chi connectivity index (χ1) is 7.18. The van der Waals surface area contributed by atoms with Crippen LogP contribution in [0.15, 0.2) is 29.1 Å². The number of imidazole rings is 1. The van der Waals surface area contributed by atoms with Gasteiger partial charge in [-0.2, -0.15) is 0 Å². The summed E-state index contributed by atoms with van der Waals surface area (Å²) in [6.07, 6.45) is 5.07. The van der Waals surface area contributed by atoms with Gasteiger partial charge in [0.15, 0.2) is 5.78 Å². The summed E-state index contributed by atoms with van der Waals surface area (Å²) in [5, 5.41) is 0.134. The van der Waals surface area contributed by atoms with Crippen LogP contribution in [0.4, 0.5) is 0 Å². The summed E-state index contributed by atoms with van der Waals surface area (Å²) in [7, 11) is 1.84. The summed E-state index contributed by atoms with van der Waals surface area (Å²) >= 11 is 5.70. The number of hydrogen-bond donors (Lipinski definition) is 0. The minimum atomic E-state index is -0.0944. The highest BCUT2D eigenvalue weighted by molar-refractivity contribution is 6.32. The van der Waals surface area contributed by atoms with E-state index in [4.69, 9.17) is 16.0 Å². The molecule has 0 fully saturated rings. The van der Waals surface area contributed by atoms with E-state index in [0.717, 1.165) is 0 Å². The van der Waals surface area contributed by atoms with E-state index < -0.39 is 0 Å². The van der Waals surface area contributed by atoms with E-state index in [0.29, 0.717) is 11.4 Å². The minimum Gasteiger partial charge on any atom is -0.452 e. The maximum absolute atomic E-state index is 11.7. The third-order valence-electron chi connectivity index (χ3n) is 2.16. The summed E-state index contributed by atoms with van der Waals surface area (Å²) in [6.45, 7) is 0. The Balaban J connectivity index is 2.18. The lowest BCUT2D eigenvalue weighted by Gasteiger charge is -1.99. The third-order valence-corrected chi connectivity index (χ3v) is 2.45. The Morgan fingerprint density at radius 1 is 1.67 bits per heavy atom. The number of nitrogens with zero attached hydrogens (tertiary/aromatic N) is 2. The van der Waals surface area contributed by atoms with E-state index in [-0.39, 0.29) is 17.4 Å². The Hall–Kier alpha value is -1.55. The number of Topliss-reactive ketones (excluding diaryl/α,β-unsaturated/α-hetero) is 1. The van der Waals surface area contributed by atoms with Crippen LogP contribution in [0.25, 0.3) is 0 Å². The molecule has 2 aromatic heterocycles. The van der Waals surface area contributed by atoms with Crippen molar-refractivity contribution in [1.82, 2.24) is 9.55 Å². The van der Waals surface area contributed by atoms with Crippen molar-refractivity contribution in [2.24, 2.45) is 7.05 Å². The van der Waals surface area contributed by atoms with Gasteiger partial charge >= 0.3 is 0 Å². The van der Waals surface area contributed by atoms with Crippen molar-refractivity contribution in [3.05, 3.63) is 41.3 Å². The van der Waals surface area contributed by atoms with Crippen LogP contribution in [0.3, 0.4) is 0 Å². The van der Waals surface area contributed by atoms with Crippen LogP contribution in [0, 0.1) is 0 Å². The normalized spacial score (nSPS) is 10.5. The van der Waals surface area contributed by atoms with E-state index in [1.54, 1.807) is 23.0 Å². The fourth-order valence-electron chi connectivity index (χ4n) is 1.30. The molecule has 0 saturated heterocycles. The number of ketones is 1. The van der Waals surface area contributed by atoms with Crippen molar-refractivity contribution in [1.29, 1.82) is 0 Å². The lowest BCUT2D eigenvalue weighted by Crippen LogP contribution is -2.07. The second-order valence-electron chi connectivity index (χ2n) is 3.16. The van der Waals surface area contributed by atoms with Gasteiger partial charge in [0, 0.05) is 19.4 Å². The van der Waals surface area contributed by atoms with Crippen LogP contribution in [-0.4, -0.2) is 15.3 Å². The minimum absolute atomic E-state index is 0.0944. The zero-order valence-corrected chi connectivity index (χ0v) is 8.86. The highest BCUT2D eigenvalue weighted by Gasteiger charge is 2.15. The molecule has 0 bridgehead atoms. The van der Waals surface area contributed by atoms with Gasteiger partial charge in [-0.15, -0.1) is 0 Å². The zero-order chi connectivity index (χ0) is 10.8.